The van der Waals surface area contributed by atoms with Gasteiger partial charge >= 0.3 is 0 Å². The first-order chi connectivity index (χ1) is 6.33. The third-order valence-corrected chi connectivity index (χ3v) is 2.72. The molecule has 13 heavy (non-hydrogen) atoms. The summed E-state index contributed by atoms with van der Waals surface area (Å²) in [6.07, 6.45) is 2.28. The summed E-state index contributed by atoms with van der Waals surface area (Å²) < 4.78 is 10.8. The van der Waals surface area contributed by atoms with Gasteiger partial charge in [-0.1, -0.05) is 0 Å². The Morgan fingerprint density at radius 1 is 1.54 bits per heavy atom. The first-order valence-corrected chi connectivity index (χ1v) is 5.13. The van der Waals surface area contributed by atoms with Crippen molar-refractivity contribution in [1.29, 1.82) is 0 Å². The van der Waals surface area contributed by atoms with Gasteiger partial charge < -0.3 is 14.8 Å². The molecular formula is C10H21NO2. The van der Waals surface area contributed by atoms with Gasteiger partial charge in [-0.3, -0.25) is 0 Å². The van der Waals surface area contributed by atoms with E-state index in [2.05, 4.69) is 5.32 Å². The minimum absolute atomic E-state index is 0.337. The molecule has 78 valence electrons. The summed E-state index contributed by atoms with van der Waals surface area (Å²) in [5, 5.41) is 3.24. The Kier molecular flexibility index (Phi) is 4.70. The highest BCUT2D eigenvalue weighted by Gasteiger charge is 2.33. The van der Waals surface area contributed by atoms with E-state index >= 15 is 0 Å². The smallest absolute Gasteiger partial charge is 0.0536 e. The molecule has 1 atom stereocenters. The normalized spacial score (nSPS) is 28.2. The van der Waals surface area contributed by atoms with Crippen LogP contribution in [0.2, 0.25) is 0 Å². The minimum atomic E-state index is 0.337. The monoisotopic (exact) mass is 187 g/mol. The lowest BCUT2D eigenvalue weighted by Crippen LogP contribution is -2.34. The molecule has 0 aliphatic carbocycles. The van der Waals surface area contributed by atoms with Crippen molar-refractivity contribution >= 4 is 0 Å². The van der Waals surface area contributed by atoms with E-state index in [1.54, 1.807) is 0 Å². The molecule has 0 spiro atoms. The molecule has 0 radical (unpaired) electrons. The number of rotatable bonds is 6. The van der Waals surface area contributed by atoms with Gasteiger partial charge in [-0.2, -0.15) is 0 Å². The molecule has 1 unspecified atom stereocenters. The van der Waals surface area contributed by atoms with Crippen molar-refractivity contribution in [1.82, 2.24) is 5.32 Å². The molecule has 1 aliphatic rings. The number of ether oxygens (including phenoxy) is 2. The van der Waals surface area contributed by atoms with E-state index in [4.69, 9.17) is 9.47 Å². The number of hydrogen-bond donors (Lipinski definition) is 1. The Morgan fingerprint density at radius 3 is 2.92 bits per heavy atom. The van der Waals surface area contributed by atoms with Crippen LogP contribution in [-0.2, 0) is 9.47 Å². The fourth-order valence-corrected chi connectivity index (χ4v) is 1.88. The SMILES string of the molecule is CCOCCC1(CNC)CCOC1. The summed E-state index contributed by atoms with van der Waals surface area (Å²) in [5.41, 5.74) is 0.337. The Morgan fingerprint density at radius 2 is 2.38 bits per heavy atom. The van der Waals surface area contributed by atoms with Gasteiger partial charge in [-0.05, 0) is 26.8 Å². The molecule has 1 fully saturated rings. The minimum Gasteiger partial charge on any atom is -0.382 e. The van der Waals surface area contributed by atoms with Crippen molar-refractivity contribution in [3.63, 3.8) is 0 Å². The molecule has 1 saturated heterocycles. The molecule has 0 amide bonds. The van der Waals surface area contributed by atoms with Crippen LogP contribution >= 0.6 is 0 Å². The molecular weight excluding hydrogens is 166 g/mol. The summed E-state index contributed by atoms with van der Waals surface area (Å²) in [6, 6.07) is 0. The molecule has 1 aliphatic heterocycles. The van der Waals surface area contributed by atoms with Crippen LogP contribution in [0.1, 0.15) is 19.8 Å². The van der Waals surface area contributed by atoms with Gasteiger partial charge in [0.05, 0.1) is 6.61 Å². The van der Waals surface area contributed by atoms with Crippen LogP contribution in [0.5, 0.6) is 0 Å². The molecule has 1 N–H and O–H groups in total. The van der Waals surface area contributed by atoms with E-state index in [1.165, 1.54) is 6.42 Å². The zero-order valence-corrected chi connectivity index (χ0v) is 8.77. The summed E-state index contributed by atoms with van der Waals surface area (Å²) >= 11 is 0. The van der Waals surface area contributed by atoms with Crippen molar-refractivity contribution < 1.29 is 9.47 Å². The van der Waals surface area contributed by atoms with E-state index in [0.29, 0.717) is 5.41 Å². The predicted molar refractivity (Wildman–Crippen MR) is 52.9 cm³/mol. The standard InChI is InChI=1S/C10H21NO2/c1-3-12-6-4-10(8-11-2)5-7-13-9-10/h11H,3-9H2,1-2H3. The lowest BCUT2D eigenvalue weighted by atomic mass is 9.84. The Balaban J connectivity index is 2.28. The highest BCUT2D eigenvalue weighted by atomic mass is 16.5. The van der Waals surface area contributed by atoms with Gasteiger partial charge in [0.25, 0.3) is 0 Å². The van der Waals surface area contributed by atoms with Crippen LogP contribution in [0.3, 0.4) is 0 Å². The average Bonchev–Trinajstić information content (AvgIpc) is 2.55. The first kappa shape index (κ1) is 11.0. The van der Waals surface area contributed by atoms with E-state index in [0.717, 1.165) is 39.4 Å². The molecule has 0 aromatic rings. The predicted octanol–water partition coefficient (Wildman–Crippen LogP) is 1.04. The fraction of sp³-hybridized carbons (Fsp3) is 1.00. The van der Waals surface area contributed by atoms with Crippen molar-refractivity contribution in [3.05, 3.63) is 0 Å². The summed E-state index contributed by atoms with van der Waals surface area (Å²) in [5.74, 6) is 0. The van der Waals surface area contributed by atoms with E-state index in [1.807, 2.05) is 14.0 Å². The molecule has 3 nitrogen and oxygen atoms in total. The molecule has 1 rings (SSSR count). The number of nitrogens with one attached hydrogen (secondary N) is 1. The van der Waals surface area contributed by atoms with Gasteiger partial charge in [0.15, 0.2) is 0 Å². The highest BCUT2D eigenvalue weighted by Crippen LogP contribution is 2.31. The molecule has 0 bridgehead atoms. The van der Waals surface area contributed by atoms with E-state index < -0.39 is 0 Å². The third-order valence-electron chi connectivity index (χ3n) is 2.72. The second-order valence-electron chi connectivity index (χ2n) is 3.78. The van der Waals surface area contributed by atoms with Gasteiger partial charge in [0, 0.05) is 31.8 Å². The third kappa shape index (κ3) is 3.25. The summed E-state index contributed by atoms with van der Waals surface area (Å²) in [7, 11) is 2.00. The number of hydrogen-bond acceptors (Lipinski definition) is 3. The topological polar surface area (TPSA) is 30.5 Å². The van der Waals surface area contributed by atoms with Crippen LogP contribution in [-0.4, -0.2) is 40.0 Å². The Hall–Kier alpha value is -0.120. The maximum Gasteiger partial charge on any atom is 0.0536 e. The fourth-order valence-electron chi connectivity index (χ4n) is 1.88. The molecule has 0 aromatic heterocycles. The quantitative estimate of drug-likeness (QED) is 0.630. The Bertz CT molecular complexity index is 133. The molecule has 0 aromatic carbocycles. The molecule has 3 heteroatoms. The van der Waals surface area contributed by atoms with Gasteiger partial charge in [-0.25, -0.2) is 0 Å². The van der Waals surface area contributed by atoms with Crippen LogP contribution < -0.4 is 5.32 Å². The van der Waals surface area contributed by atoms with Crippen LogP contribution in [0.25, 0.3) is 0 Å². The highest BCUT2D eigenvalue weighted by molar-refractivity contribution is 4.84. The van der Waals surface area contributed by atoms with Crippen molar-refractivity contribution in [2.45, 2.75) is 19.8 Å². The van der Waals surface area contributed by atoms with Crippen LogP contribution in [0.4, 0.5) is 0 Å². The van der Waals surface area contributed by atoms with Crippen molar-refractivity contribution in [2.75, 3.05) is 40.0 Å². The maximum absolute atomic E-state index is 5.45. The second-order valence-corrected chi connectivity index (χ2v) is 3.78. The molecule has 1 heterocycles. The Labute approximate surface area is 80.8 Å². The van der Waals surface area contributed by atoms with E-state index in [-0.39, 0.29) is 0 Å². The first-order valence-electron chi connectivity index (χ1n) is 5.13. The maximum atomic E-state index is 5.45. The van der Waals surface area contributed by atoms with Crippen molar-refractivity contribution in [3.8, 4) is 0 Å². The van der Waals surface area contributed by atoms with Gasteiger partial charge in [0.1, 0.15) is 0 Å². The summed E-state index contributed by atoms with van der Waals surface area (Å²) in [6.45, 7) is 6.56. The second kappa shape index (κ2) is 5.58. The summed E-state index contributed by atoms with van der Waals surface area (Å²) in [4.78, 5) is 0. The van der Waals surface area contributed by atoms with E-state index in [9.17, 15) is 0 Å². The zero-order chi connectivity index (χ0) is 9.57. The van der Waals surface area contributed by atoms with Gasteiger partial charge in [0.2, 0.25) is 0 Å². The average molecular weight is 187 g/mol. The largest absolute Gasteiger partial charge is 0.382 e. The van der Waals surface area contributed by atoms with Crippen LogP contribution in [0, 0.1) is 5.41 Å². The lowest BCUT2D eigenvalue weighted by Gasteiger charge is -2.26. The van der Waals surface area contributed by atoms with Crippen LogP contribution in [0.15, 0.2) is 0 Å². The molecule has 0 saturated carbocycles. The lowest BCUT2D eigenvalue weighted by molar-refractivity contribution is 0.0877. The van der Waals surface area contributed by atoms with Gasteiger partial charge in [-0.15, -0.1) is 0 Å². The zero-order valence-electron chi connectivity index (χ0n) is 8.77. The van der Waals surface area contributed by atoms with Crippen molar-refractivity contribution in [2.24, 2.45) is 5.41 Å².